The summed E-state index contributed by atoms with van der Waals surface area (Å²) in [5.41, 5.74) is 4.72. The molecule has 0 aliphatic heterocycles. The molecule has 0 aliphatic rings. The Balaban J connectivity index is 1.48. The molecule has 0 atom stereocenters. The van der Waals surface area contributed by atoms with E-state index in [4.69, 9.17) is 4.74 Å². The van der Waals surface area contributed by atoms with Crippen molar-refractivity contribution in [3.63, 3.8) is 0 Å². The second-order valence-corrected chi connectivity index (χ2v) is 7.15. The number of benzene rings is 2. The summed E-state index contributed by atoms with van der Waals surface area (Å²) in [6, 6.07) is 18.6. The smallest absolute Gasteiger partial charge is 0.290 e. The molecule has 2 N–H and O–H groups in total. The fourth-order valence-corrected chi connectivity index (χ4v) is 2.99. The quantitative estimate of drug-likeness (QED) is 0.333. The minimum absolute atomic E-state index is 0.0382. The van der Waals surface area contributed by atoms with Gasteiger partial charge in [-0.2, -0.15) is 14.9 Å². The van der Waals surface area contributed by atoms with Gasteiger partial charge in [0.05, 0.1) is 11.9 Å². The maximum absolute atomic E-state index is 12.7. The van der Waals surface area contributed by atoms with Crippen LogP contribution in [0.25, 0.3) is 5.95 Å². The summed E-state index contributed by atoms with van der Waals surface area (Å²) >= 11 is 0. The number of hydrogen-bond acceptors (Lipinski definition) is 7. The van der Waals surface area contributed by atoms with Crippen molar-refractivity contribution in [1.82, 2.24) is 30.4 Å². The zero-order valence-electron chi connectivity index (χ0n) is 18.0. The number of ether oxygens (including phenoxy) is 1. The number of hydrazone groups is 1. The highest BCUT2D eigenvalue weighted by molar-refractivity contribution is 5.94. The van der Waals surface area contributed by atoms with Gasteiger partial charge in [-0.05, 0) is 37.6 Å². The monoisotopic (exact) mass is 443 g/mol. The van der Waals surface area contributed by atoms with Gasteiger partial charge in [0, 0.05) is 5.56 Å². The molecule has 0 aliphatic carbocycles. The number of aromatic nitrogens is 5. The van der Waals surface area contributed by atoms with Crippen LogP contribution in [-0.2, 0) is 6.61 Å². The molecule has 0 unspecified atom stereocenters. The summed E-state index contributed by atoms with van der Waals surface area (Å²) in [5, 5.41) is 16.0. The Morgan fingerprint density at radius 2 is 1.88 bits per heavy atom. The van der Waals surface area contributed by atoms with Gasteiger partial charge in [0.1, 0.15) is 23.7 Å². The fourth-order valence-electron chi connectivity index (χ4n) is 2.99. The van der Waals surface area contributed by atoms with E-state index < -0.39 is 11.5 Å². The third kappa shape index (κ3) is 5.18. The van der Waals surface area contributed by atoms with E-state index >= 15 is 0 Å². The molecule has 2 aromatic carbocycles. The second-order valence-electron chi connectivity index (χ2n) is 7.15. The Kier molecular flexibility index (Phi) is 6.35. The van der Waals surface area contributed by atoms with E-state index in [1.807, 2.05) is 54.6 Å². The number of hydrogen-bond donors (Lipinski definition) is 2. The van der Waals surface area contributed by atoms with Gasteiger partial charge in [0.15, 0.2) is 0 Å². The number of amides is 1. The average Bonchev–Trinajstić information content (AvgIpc) is 3.22. The SMILES string of the molecule is Cc1cc(C(=O)N/N=C\c2ccccc2COc2ccccc2)n(-c2nnc(C)c(=O)[nH]2)n1. The summed E-state index contributed by atoms with van der Waals surface area (Å²) in [4.78, 5) is 27.2. The van der Waals surface area contributed by atoms with Crippen LogP contribution in [0.1, 0.15) is 33.0 Å². The Bertz CT molecular complexity index is 1360. The first-order chi connectivity index (χ1) is 16.0. The van der Waals surface area contributed by atoms with Gasteiger partial charge < -0.3 is 4.74 Å². The normalized spacial score (nSPS) is 11.0. The Labute approximate surface area is 189 Å². The predicted octanol–water partition coefficient (Wildman–Crippen LogP) is 2.31. The van der Waals surface area contributed by atoms with Crippen molar-refractivity contribution in [1.29, 1.82) is 0 Å². The molecule has 0 spiro atoms. The molecule has 10 heteroatoms. The lowest BCUT2D eigenvalue weighted by atomic mass is 10.1. The first kappa shape index (κ1) is 21.6. The van der Waals surface area contributed by atoms with E-state index in [1.165, 1.54) is 11.6 Å². The molecular formula is C23H21N7O3. The van der Waals surface area contributed by atoms with E-state index in [9.17, 15) is 9.59 Å². The van der Waals surface area contributed by atoms with Gasteiger partial charge in [-0.15, -0.1) is 10.2 Å². The number of H-pyrrole nitrogens is 1. The summed E-state index contributed by atoms with van der Waals surface area (Å²) in [5.74, 6) is 0.280. The highest BCUT2D eigenvalue weighted by Crippen LogP contribution is 2.14. The number of para-hydroxylation sites is 1. The van der Waals surface area contributed by atoms with Gasteiger partial charge in [0.2, 0.25) is 0 Å². The molecule has 4 aromatic rings. The standard InChI is InChI=1S/C23H21N7O3/c1-15-12-20(30(29-15)23-25-21(31)16(2)26-28-23)22(32)27-24-13-17-8-6-7-9-18(17)14-33-19-10-4-3-5-11-19/h3-13H,14H2,1-2H3,(H,27,32)(H,25,28,31)/b24-13-. The van der Waals surface area contributed by atoms with Crippen LogP contribution >= 0.6 is 0 Å². The van der Waals surface area contributed by atoms with Crippen LogP contribution in [0.2, 0.25) is 0 Å². The maximum Gasteiger partial charge on any atom is 0.290 e. The van der Waals surface area contributed by atoms with Crippen molar-refractivity contribution in [3.05, 3.63) is 99.2 Å². The minimum Gasteiger partial charge on any atom is -0.489 e. The van der Waals surface area contributed by atoms with Crippen molar-refractivity contribution in [3.8, 4) is 11.7 Å². The molecule has 0 bridgehead atoms. The van der Waals surface area contributed by atoms with Crippen molar-refractivity contribution in [2.24, 2.45) is 5.10 Å². The molecule has 0 fully saturated rings. The lowest BCUT2D eigenvalue weighted by molar-refractivity contribution is 0.0947. The molecule has 33 heavy (non-hydrogen) atoms. The molecular weight excluding hydrogens is 422 g/mol. The number of aryl methyl sites for hydroxylation is 2. The molecule has 0 radical (unpaired) electrons. The zero-order chi connectivity index (χ0) is 23.2. The van der Waals surface area contributed by atoms with Crippen LogP contribution in [0, 0.1) is 13.8 Å². The van der Waals surface area contributed by atoms with Crippen molar-refractivity contribution in [2.45, 2.75) is 20.5 Å². The van der Waals surface area contributed by atoms with Crippen molar-refractivity contribution in [2.75, 3.05) is 0 Å². The Morgan fingerprint density at radius 1 is 1.12 bits per heavy atom. The summed E-state index contributed by atoms with van der Waals surface area (Å²) in [7, 11) is 0. The third-order valence-corrected chi connectivity index (χ3v) is 4.68. The number of nitrogens with zero attached hydrogens (tertiary/aromatic N) is 5. The highest BCUT2D eigenvalue weighted by Gasteiger charge is 2.17. The summed E-state index contributed by atoms with van der Waals surface area (Å²) in [6.45, 7) is 3.61. The van der Waals surface area contributed by atoms with Crippen LogP contribution < -0.4 is 15.7 Å². The number of carbonyl (C=O) groups excluding carboxylic acids is 1. The Hall–Kier alpha value is -4.60. The zero-order valence-corrected chi connectivity index (χ0v) is 18.0. The van der Waals surface area contributed by atoms with E-state index in [0.29, 0.717) is 12.3 Å². The molecule has 0 saturated carbocycles. The number of carbonyl (C=O) groups is 1. The summed E-state index contributed by atoms with van der Waals surface area (Å²) < 4.78 is 7.03. The van der Waals surface area contributed by atoms with E-state index in [1.54, 1.807) is 19.2 Å². The largest absolute Gasteiger partial charge is 0.489 e. The van der Waals surface area contributed by atoms with Gasteiger partial charge in [-0.3, -0.25) is 14.6 Å². The lowest BCUT2D eigenvalue weighted by Gasteiger charge is -2.08. The highest BCUT2D eigenvalue weighted by atomic mass is 16.5. The number of aromatic amines is 1. The maximum atomic E-state index is 12.7. The third-order valence-electron chi connectivity index (χ3n) is 4.68. The topological polar surface area (TPSA) is 127 Å². The van der Waals surface area contributed by atoms with Gasteiger partial charge in [-0.1, -0.05) is 42.5 Å². The van der Waals surface area contributed by atoms with Crippen LogP contribution in [0.3, 0.4) is 0 Å². The molecule has 166 valence electrons. The minimum atomic E-state index is -0.520. The molecule has 0 saturated heterocycles. The first-order valence-corrected chi connectivity index (χ1v) is 10.1. The lowest BCUT2D eigenvalue weighted by Crippen LogP contribution is -2.24. The molecule has 1 amide bonds. The molecule has 2 heterocycles. The van der Waals surface area contributed by atoms with Crippen molar-refractivity contribution < 1.29 is 9.53 Å². The van der Waals surface area contributed by atoms with Gasteiger partial charge in [-0.25, -0.2) is 5.43 Å². The first-order valence-electron chi connectivity index (χ1n) is 10.1. The number of rotatable bonds is 7. The van der Waals surface area contributed by atoms with E-state index in [-0.39, 0.29) is 17.3 Å². The molecule has 2 aromatic heterocycles. The molecule has 4 rings (SSSR count). The van der Waals surface area contributed by atoms with E-state index in [0.717, 1.165) is 16.9 Å². The van der Waals surface area contributed by atoms with Crippen molar-refractivity contribution >= 4 is 12.1 Å². The molecule has 10 nitrogen and oxygen atoms in total. The van der Waals surface area contributed by atoms with Crippen LogP contribution in [0.5, 0.6) is 5.75 Å². The predicted molar refractivity (Wildman–Crippen MR) is 122 cm³/mol. The fraction of sp³-hybridized carbons (Fsp3) is 0.130. The van der Waals surface area contributed by atoms with Crippen LogP contribution in [-0.4, -0.2) is 37.1 Å². The second kappa shape index (κ2) is 9.69. The van der Waals surface area contributed by atoms with Gasteiger partial charge >= 0.3 is 0 Å². The Morgan fingerprint density at radius 3 is 2.67 bits per heavy atom. The number of nitrogens with one attached hydrogen (secondary N) is 2. The van der Waals surface area contributed by atoms with Gasteiger partial charge in [0.25, 0.3) is 17.4 Å². The van der Waals surface area contributed by atoms with Crippen LogP contribution in [0.4, 0.5) is 0 Å². The average molecular weight is 443 g/mol. The van der Waals surface area contributed by atoms with Crippen LogP contribution in [0.15, 0.2) is 70.6 Å². The van der Waals surface area contributed by atoms with E-state index in [2.05, 4.69) is 30.8 Å². The summed E-state index contributed by atoms with van der Waals surface area (Å²) in [6.07, 6.45) is 1.54.